The molecule has 0 radical (unpaired) electrons. The van der Waals surface area contributed by atoms with Crippen LogP contribution in [-0.4, -0.2) is 35.1 Å². The van der Waals surface area contributed by atoms with Crippen molar-refractivity contribution in [3.63, 3.8) is 0 Å². The number of hydrogen-bond donors (Lipinski definition) is 3. The normalized spacial score (nSPS) is 22.8. The summed E-state index contributed by atoms with van der Waals surface area (Å²) >= 11 is 0. The van der Waals surface area contributed by atoms with Crippen LogP contribution in [0.25, 0.3) is 0 Å². The van der Waals surface area contributed by atoms with E-state index < -0.39 is 11.5 Å². The molecule has 2 fully saturated rings. The van der Waals surface area contributed by atoms with Gasteiger partial charge in [-0.25, -0.2) is 0 Å². The number of amides is 2. The standard InChI is InChI=1S/C11H18N2O3/c14-9(13-8-3-4-8)7-12-10(15)11(16)5-1-2-6-11/h8,16H,1-7H2,(H,12,15)(H,13,14). The van der Waals surface area contributed by atoms with Gasteiger partial charge in [-0.15, -0.1) is 0 Å². The Morgan fingerprint density at radius 1 is 1.25 bits per heavy atom. The molecular weight excluding hydrogens is 208 g/mol. The smallest absolute Gasteiger partial charge is 0.252 e. The molecule has 0 spiro atoms. The van der Waals surface area contributed by atoms with E-state index in [9.17, 15) is 14.7 Å². The maximum Gasteiger partial charge on any atom is 0.252 e. The summed E-state index contributed by atoms with van der Waals surface area (Å²) in [6.45, 7) is -0.0301. The topological polar surface area (TPSA) is 78.4 Å². The van der Waals surface area contributed by atoms with Gasteiger partial charge in [-0.05, 0) is 38.5 Å². The highest BCUT2D eigenvalue weighted by atomic mass is 16.3. The third-order valence-corrected chi connectivity index (χ3v) is 3.21. The van der Waals surface area contributed by atoms with E-state index in [4.69, 9.17) is 0 Å². The second kappa shape index (κ2) is 4.41. The lowest BCUT2D eigenvalue weighted by Gasteiger charge is -2.20. The first kappa shape index (κ1) is 11.4. The maximum absolute atomic E-state index is 11.6. The van der Waals surface area contributed by atoms with Crippen molar-refractivity contribution in [2.24, 2.45) is 0 Å². The molecule has 5 nitrogen and oxygen atoms in total. The summed E-state index contributed by atoms with van der Waals surface area (Å²) in [4.78, 5) is 22.9. The Balaban J connectivity index is 1.71. The number of carbonyl (C=O) groups is 2. The van der Waals surface area contributed by atoms with Gasteiger partial charge in [0.25, 0.3) is 5.91 Å². The second-order valence-electron chi connectivity index (χ2n) is 4.76. The van der Waals surface area contributed by atoms with E-state index in [1.54, 1.807) is 0 Å². The lowest BCUT2D eigenvalue weighted by Crippen LogP contribution is -2.48. The molecule has 2 saturated carbocycles. The van der Waals surface area contributed by atoms with Gasteiger partial charge in [-0.1, -0.05) is 0 Å². The molecule has 0 aromatic rings. The van der Waals surface area contributed by atoms with Crippen LogP contribution in [0.5, 0.6) is 0 Å². The van der Waals surface area contributed by atoms with Crippen molar-refractivity contribution in [1.29, 1.82) is 0 Å². The van der Waals surface area contributed by atoms with Crippen LogP contribution in [0, 0.1) is 0 Å². The van der Waals surface area contributed by atoms with Crippen LogP contribution in [0.4, 0.5) is 0 Å². The highest BCUT2D eigenvalue weighted by Gasteiger charge is 2.38. The fourth-order valence-corrected chi connectivity index (χ4v) is 2.02. The Labute approximate surface area is 94.6 Å². The lowest BCUT2D eigenvalue weighted by atomic mass is 10.0. The largest absolute Gasteiger partial charge is 0.380 e. The molecule has 0 unspecified atom stereocenters. The van der Waals surface area contributed by atoms with Gasteiger partial charge >= 0.3 is 0 Å². The van der Waals surface area contributed by atoms with E-state index >= 15 is 0 Å². The minimum Gasteiger partial charge on any atom is -0.380 e. The first-order valence-corrected chi connectivity index (χ1v) is 5.90. The predicted octanol–water partition coefficient (Wildman–Crippen LogP) is -0.314. The molecule has 2 aliphatic rings. The molecule has 2 aliphatic carbocycles. The van der Waals surface area contributed by atoms with Crippen molar-refractivity contribution in [2.75, 3.05) is 6.54 Å². The molecule has 16 heavy (non-hydrogen) atoms. The van der Waals surface area contributed by atoms with E-state index in [0.717, 1.165) is 25.7 Å². The minimum atomic E-state index is -1.24. The molecule has 0 atom stereocenters. The first-order chi connectivity index (χ1) is 7.60. The van der Waals surface area contributed by atoms with Crippen molar-refractivity contribution in [2.45, 2.75) is 50.2 Å². The number of rotatable bonds is 4. The summed E-state index contributed by atoms with van der Waals surface area (Å²) in [5.74, 6) is -0.576. The molecule has 0 heterocycles. The fraction of sp³-hybridized carbons (Fsp3) is 0.818. The highest BCUT2D eigenvalue weighted by Crippen LogP contribution is 2.29. The van der Waals surface area contributed by atoms with Gasteiger partial charge in [0.2, 0.25) is 5.91 Å². The Morgan fingerprint density at radius 2 is 1.88 bits per heavy atom. The van der Waals surface area contributed by atoms with E-state index in [1.807, 2.05) is 0 Å². The van der Waals surface area contributed by atoms with Gasteiger partial charge in [-0.2, -0.15) is 0 Å². The molecule has 90 valence electrons. The van der Waals surface area contributed by atoms with Crippen LogP contribution in [-0.2, 0) is 9.59 Å². The number of nitrogens with one attached hydrogen (secondary N) is 2. The van der Waals surface area contributed by atoms with E-state index in [2.05, 4.69) is 10.6 Å². The quantitative estimate of drug-likeness (QED) is 0.615. The van der Waals surface area contributed by atoms with Crippen LogP contribution >= 0.6 is 0 Å². The molecule has 2 rings (SSSR count). The van der Waals surface area contributed by atoms with Crippen molar-refractivity contribution >= 4 is 11.8 Å². The van der Waals surface area contributed by atoms with Crippen LogP contribution in [0.3, 0.4) is 0 Å². The molecule has 0 aromatic carbocycles. The van der Waals surface area contributed by atoms with E-state index in [0.29, 0.717) is 18.9 Å². The average molecular weight is 226 g/mol. The summed E-state index contributed by atoms with van der Waals surface area (Å²) < 4.78 is 0. The summed E-state index contributed by atoms with van der Waals surface area (Å²) in [7, 11) is 0. The number of aliphatic hydroxyl groups is 1. The lowest BCUT2D eigenvalue weighted by molar-refractivity contribution is -0.140. The van der Waals surface area contributed by atoms with Crippen LogP contribution in [0.1, 0.15) is 38.5 Å². The van der Waals surface area contributed by atoms with Gasteiger partial charge in [0, 0.05) is 6.04 Å². The van der Waals surface area contributed by atoms with Gasteiger partial charge in [0.1, 0.15) is 5.60 Å². The summed E-state index contributed by atoms with van der Waals surface area (Å²) in [6, 6.07) is 0.305. The second-order valence-corrected chi connectivity index (χ2v) is 4.76. The Bertz CT molecular complexity index is 294. The summed E-state index contributed by atoms with van der Waals surface area (Å²) in [6.07, 6.45) is 4.82. The van der Waals surface area contributed by atoms with Gasteiger partial charge < -0.3 is 15.7 Å². The van der Waals surface area contributed by atoms with Crippen LogP contribution < -0.4 is 10.6 Å². The Kier molecular flexibility index (Phi) is 3.14. The SMILES string of the molecule is O=C(CNC(=O)C1(O)CCCC1)NC1CC1. The van der Waals surface area contributed by atoms with Gasteiger partial charge in [-0.3, -0.25) is 9.59 Å². The zero-order chi connectivity index (χ0) is 11.6. The molecule has 2 amide bonds. The van der Waals surface area contributed by atoms with Gasteiger partial charge in [0.15, 0.2) is 0 Å². The molecule has 3 N–H and O–H groups in total. The maximum atomic E-state index is 11.6. The van der Waals surface area contributed by atoms with Crippen molar-refractivity contribution < 1.29 is 14.7 Å². The molecule has 0 bridgehead atoms. The molecular formula is C11H18N2O3. The number of hydrogen-bond acceptors (Lipinski definition) is 3. The zero-order valence-corrected chi connectivity index (χ0v) is 9.29. The van der Waals surface area contributed by atoms with E-state index in [1.165, 1.54) is 0 Å². The van der Waals surface area contributed by atoms with Crippen LogP contribution in [0.15, 0.2) is 0 Å². The van der Waals surface area contributed by atoms with Crippen molar-refractivity contribution in [1.82, 2.24) is 10.6 Å². The molecule has 0 saturated heterocycles. The molecule has 5 heteroatoms. The molecule has 0 aromatic heterocycles. The van der Waals surface area contributed by atoms with Crippen LogP contribution in [0.2, 0.25) is 0 Å². The Hall–Kier alpha value is -1.10. The summed E-state index contributed by atoms with van der Waals surface area (Å²) in [5.41, 5.74) is -1.24. The minimum absolute atomic E-state index is 0.0301. The van der Waals surface area contributed by atoms with E-state index in [-0.39, 0.29) is 12.5 Å². The number of carbonyl (C=O) groups excluding carboxylic acids is 2. The monoisotopic (exact) mass is 226 g/mol. The highest BCUT2D eigenvalue weighted by molar-refractivity contribution is 5.89. The first-order valence-electron chi connectivity index (χ1n) is 5.90. The Morgan fingerprint density at radius 3 is 2.44 bits per heavy atom. The predicted molar refractivity (Wildman–Crippen MR) is 57.6 cm³/mol. The van der Waals surface area contributed by atoms with Gasteiger partial charge in [0.05, 0.1) is 6.54 Å². The van der Waals surface area contributed by atoms with Crippen molar-refractivity contribution in [3.8, 4) is 0 Å². The van der Waals surface area contributed by atoms with Crippen molar-refractivity contribution in [3.05, 3.63) is 0 Å². The third kappa shape index (κ3) is 2.72. The zero-order valence-electron chi connectivity index (χ0n) is 9.29. The molecule has 0 aliphatic heterocycles. The third-order valence-electron chi connectivity index (χ3n) is 3.21. The fourth-order valence-electron chi connectivity index (χ4n) is 2.02. The average Bonchev–Trinajstić information content (AvgIpc) is 2.95. The summed E-state index contributed by atoms with van der Waals surface area (Å²) in [5, 5.41) is 15.2.